The Labute approximate surface area is 127 Å². The van der Waals surface area contributed by atoms with Gasteiger partial charge in [-0.25, -0.2) is 17.2 Å². The van der Waals surface area contributed by atoms with Crippen molar-refractivity contribution in [2.24, 2.45) is 5.92 Å². The van der Waals surface area contributed by atoms with Gasteiger partial charge >= 0.3 is 0 Å². The Hall–Kier alpha value is -1.54. The number of carbonyl (C=O) groups excluding carboxylic acids is 1. The summed E-state index contributed by atoms with van der Waals surface area (Å²) in [5.41, 5.74) is 0. The summed E-state index contributed by atoms with van der Waals surface area (Å²) < 4.78 is 53.8. The van der Waals surface area contributed by atoms with Gasteiger partial charge in [0.15, 0.2) is 11.6 Å². The van der Waals surface area contributed by atoms with Gasteiger partial charge in [-0.2, -0.15) is 4.31 Å². The summed E-state index contributed by atoms with van der Waals surface area (Å²) in [6.45, 7) is 0.486. The van der Waals surface area contributed by atoms with Gasteiger partial charge in [0.25, 0.3) is 0 Å². The molecular formula is C14H16F2N2O3S. The van der Waals surface area contributed by atoms with Crippen LogP contribution in [-0.4, -0.2) is 49.7 Å². The predicted molar refractivity (Wildman–Crippen MR) is 74.4 cm³/mol. The van der Waals surface area contributed by atoms with E-state index < -0.39 is 38.5 Å². The Bertz CT molecular complexity index is 723. The van der Waals surface area contributed by atoms with Crippen LogP contribution in [0.4, 0.5) is 8.78 Å². The van der Waals surface area contributed by atoms with Crippen molar-refractivity contribution >= 4 is 15.9 Å². The number of hydrogen-bond donors (Lipinski definition) is 0. The van der Waals surface area contributed by atoms with Gasteiger partial charge in [-0.3, -0.25) is 4.79 Å². The monoisotopic (exact) mass is 330 g/mol. The molecule has 0 aliphatic carbocycles. The molecule has 1 amide bonds. The van der Waals surface area contributed by atoms with Gasteiger partial charge in [0.1, 0.15) is 4.90 Å². The molecule has 0 aromatic heterocycles. The van der Waals surface area contributed by atoms with Gasteiger partial charge in [0, 0.05) is 20.1 Å². The summed E-state index contributed by atoms with van der Waals surface area (Å²) in [4.78, 5) is 12.9. The average Bonchev–Trinajstić information content (AvgIpc) is 2.77. The Kier molecular flexibility index (Phi) is 3.68. The quantitative estimate of drug-likeness (QED) is 0.819. The first kappa shape index (κ1) is 15.4. The highest BCUT2D eigenvalue weighted by molar-refractivity contribution is 7.89. The van der Waals surface area contributed by atoms with E-state index >= 15 is 0 Å². The zero-order valence-electron chi connectivity index (χ0n) is 12.0. The molecule has 0 N–H and O–H groups in total. The predicted octanol–water partition coefficient (Wildman–Crippen LogP) is 1.21. The molecule has 0 bridgehead atoms. The molecule has 1 aromatic rings. The molecule has 0 saturated carbocycles. The number of hydrogen-bond acceptors (Lipinski definition) is 3. The number of rotatable bonds is 2. The second-order valence-corrected chi connectivity index (χ2v) is 7.56. The van der Waals surface area contributed by atoms with Crippen LogP contribution in [0.25, 0.3) is 0 Å². The minimum Gasteiger partial charge on any atom is -0.344 e. The third-order valence-electron chi connectivity index (χ3n) is 4.39. The SMILES string of the molecule is CN1C[C@@H]2[C@@H](CCCN2S(=O)(=O)c2cccc(F)c2F)C1=O. The molecule has 2 aliphatic heterocycles. The molecule has 5 nitrogen and oxygen atoms in total. The van der Waals surface area contributed by atoms with E-state index in [9.17, 15) is 22.0 Å². The van der Waals surface area contributed by atoms with Crippen LogP contribution in [0.2, 0.25) is 0 Å². The highest BCUT2D eigenvalue weighted by Crippen LogP contribution is 2.35. The van der Waals surface area contributed by atoms with Gasteiger partial charge in [-0.15, -0.1) is 0 Å². The first-order valence-corrected chi connectivity index (χ1v) is 8.49. The number of piperidine rings is 1. The molecule has 0 spiro atoms. The molecule has 120 valence electrons. The summed E-state index contributed by atoms with van der Waals surface area (Å²) in [6.07, 6.45) is 1.14. The fraction of sp³-hybridized carbons (Fsp3) is 0.500. The lowest BCUT2D eigenvalue weighted by Gasteiger charge is -2.34. The molecule has 8 heteroatoms. The lowest BCUT2D eigenvalue weighted by atomic mass is 9.93. The molecule has 2 atom stereocenters. The van der Waals surface area contributed by atoms with Crippen LogP contribution in [0.15, 0.2) is 23.1 Å². The van der Waals surface area contributed by atoms with Crippen molar-refractivity contribution in [3.63, 3.8) is 0 Å². The Morgan fingerprint density at radius 3 is 2.73 bits per heavy atom. The normalized spacial score (nSPS) is 26.3. The molecule has 0 unspecified atom stereocenters. The number of carbonyl (C=O) groups is 1. The first-order chi connectivity index (χ1) is 10.3. The number of fused-ring (bicyclic) bond motifs is 1. The van der Waals surface area contributed by atoms with Gasteiger partial charge in [-0.05, 0) is 25.0 Å². The standard InChI is InChI=1S/C14H16F2N2O3S/c1-17-8-11-9(14(17)19)4-3-7-18(11)22(20,21)12-6-2-5-10(15)13(12)16/h2,5-6,9,11H,3-4,7-8H2,1H3/t9-,11-/m1/s1. The van der Waals surface area contributed by atoms with Crippen LogP contribution in [0.3, 0.4) is 0 Å². The lowest BCUT2D eigenvalue weighted by molar-refractivity contribution is -0.130. The van der Waals surface area contributed by atoms with Gasteiger partial charge in [-0.1, -0.05) is 6.07 Å². The summed E-state index contributed by atoms with van der Waals surface area (Å²) >= 11 is 0. The van der Waals surface area contributed by atoms with Crippen LogP contribution < -0.4 is 0 Å². The fourth-order valence-corrected chi connectivity index (χ4v) is 5.06. The largest absolute Gasteiger partial charge is 0.344 e. The van der Waals surface area contributed by atoms with Crippen molar-refractivity contribution in [2.45, 2.75) is 23.8 Å². The van der Waals surface area contributed by atoms with Crippen LogP contribution in [0.1, 0.15) is 12.8 Å². The summed E-state index contributed by atoms with van der Waals surface area (Å²) in [5, 5.41) is 0. The second-order valence-electron chi connectivity index (χ2n) is 5.70. The van der Waals surface area contributed by atoms with E-state index in [2.05, 4.69) is 0 Å². The smallest absolute Gasteiger partial charge is 0.246 e. The average molecular weight is 330 g/mol. The van der Waals surface area contributed by atoms with E-state index in [1.165, 1.54) is 11.0 Å². The number of likely N-dealkylation sites (tertiary alicyclic amines) is 1. The first-order valence-electron chi connectivity index (χ1n) is 7.05. The Morgan fingerprint density at radius 1 is 1.27 bits per heavy atom. The molecule has 22 heavy (non-hydrogen) atoms. The number of benzene rings is 1. The van der Waals surface area contributed by atoms with E-state index in [-0.39, 0.29) is 19.0 Å². The maximum atomic E-state index is 13.9. The van der Waals surface area contributed by atoms with E-state index in [1.807, 2.05) is 0 Å². The Balaban J connectivity index is 2.02. The highest BCUT2D eigenvalue weighted by atomic mass is 32.2. The summed E-state index contributed by atoms with van der Waals surface area (Å²) in [5.74, 6) is -3.06. The third kappa shape index (κ3) is 2.21. The van der Waals surface area contributed by atoms with E-state index in [4.69, 9.17) is 0 Å². The molecule has 2 fully saturated rings. The van der Waals surface area contributed by atoms with Crippen molar-refractivity contribution < 1.29 is 22.0 Å². The molecule has 2 aliphatic rings. The molecule has 3 rings (SSSR count). The minimum absolute atomic E-state index is 0.0929. The van der Waals surface area contributed by atoms with E-state index in [0.29, 0.717) is 12.8 Å². The maximum Gasteiger partial charge on any atom is 0.246 e. The summed E-state index contributed by atoms with van der Waals surface area (Å²) in [7, 11) is -2.56. The van der Waals surface area contributed by atoms with Crippen molar-refractivity contribution in [1.82, 2.24) is 9.21 Å². The number of likely N-dealkylation sites (N-methyl/N-ethyl adjacent to an activating group) is 1. The van der Waals surface area contributed by atoms with Gasteiger partial charge in [0.05, 0.1) is 12.0 Å². The number of amides is 1. The molecular weight excluding hydrogens is 314 g/mol. The van der Waals surface area contributed by atoms with E-state index in [0.717, 1.165) is 16.4 Å². The second kappa shape index (κ2) is 5.27. The van der Waals surface area contributed by atoms with Gasteiger partial charge in [0.2, 0.25) is 15.9 Å². The lowest BCUT2D eigenvalue weighted by Crippen LogP contribution is -2.48. The van der Waals surface area contributed by atoms with Crippen molar-refractivity contribution in [2.75, 3.05) is 20.1 Å². The summed E-state index contributed by atoms with van der Waals surface area (Å²) in [6, 6.07) is 2.58. The molecule has 2 saturated heterocycles. The molecule has 1 aromatic carbocycles. The van der Waals surface area contributed by atoms with Crippen molar-refractivity contribution in [1.29, 1.82) is 0 Å². The topological polar surface area (TPSA) is 57.7 Å². The Morgan fingerprint density at radius 2 is 2.00 bits per heavy atom. The maximum absolute atomic E-state index is 13.9. The van der Waals surface area contributed by atoms with Gasteiger partial charge < -0.3 is 4.90 Å². The zero-order valence-corrected chi connectivity index (χ0v) is 12.8. The molecule has 2 heterocycles. The van der Waals surface area contributed by atoms with Crippen LogP contribution in [-0.2, 0) is 14.8 Å². The van der Waals surface area contributed by atoms with Crippen molar-refractivity contribution in [3.05, 3.63) is 29.8 Å². The van der Waals surface area contributed by atoms with Crippen LogP contribution >= 0.6 is 0 Å². The molecule has 0 radical (unpaired) electrons. The fourth-order valence-electron chi connectivity index (χ4n) is 3.29. The third-order valence-corrected chi connectivity index (χ3v) is 6.33. The number of sulfonamides is 1. The van der Waals surface area contributed by atoms with Crippen molar-refractivity contribution in [3.8, 4) is 0 Å². The highest BCUT2D eigenvalue weighted by Gasteiger charge is 2.48. The zero-order chi connectivity index (χ0) is 16.1. The number of nitrogens with zero attached hydrogens (tertiary/aromatic N) is 2. The van der Waals surface area contributed by atoms with E-state index in [1.54, 1.807) is 7.05 Å². The minimum atomic E-state index is -4.18. The number of halogens is 2. The van der Waals surface area contributed by atoms with Crippen LogP contribution in [0, 0.1) is 17.6 Å². The van der Waals surface area contributed by atoms with Crippen LogP contribution in [0.5, 0.6) is 0 Å².